The first-order chi connectivity index (χ1) is 14.1. The third kappa shape index (κ3) is 3.34. The highest BCUT2D eigenvalue weighted by atomic mass is 19.3. The number of Topliss-reactive ketones (excluding diaryl/α,β-unsaturated/α-hetero) is 2. The Morgan fingerprint density at radius 1 is 0.733 bits per heavy atom. The number of benzene rings is 2. The highest BCUT2D eigenvalue weighted by Gasteiger charge is 2.62. The van der Waals surface area contributed by atoms with Crippen LogP contribution < -0.4 is 0 Å². The molecular formula is C20H12F4O6. The van der Waals surface area contributed by atoms with Crippen molar-refractivity contribution < 1.29 is 46.2 Å². The molecule has 3 rings (SSSR count). The van der Waals surface area contributed by atoms with Crippen LogP contribution in [0.25, 0.3) is 11.1 Å². The van der Waals surface area contributed by atoms with E-state index in [-0.39, 0.29) is 35.2 Å². The van der Waals surface area contributed by atoms with Gasteiger partial charge in [-0.2, -0.15) is 17.6 Å². The molecule has 0 fully saturated rings. The van der Waals surface area contributed by atoms with E-state index in [1.165, 1.54) is 0 Å². The molecule has 0 saturated carbocycles. The maximum absolute atomic E-state index is 14.8. The molecule has 0 bridgehead atoms. The Morgan fingerprint density at radius 2 is 1.10 bits per heavy atom. The third-order valence-electron chi connectivity index (χ3n) is 4.61. The first-order valence-corrected chi connectivity index (χ1v) is 8.37. The summed E-state index contributed by atoms with van der Waals surface area (Å²) in [6.45, 7) is -1.47. The van der Waals surface area contributed by atoms with Crippen LogP contribution in [0.4, 0.5) is 17.6 Å². The molecule has 0 saturated heterocycles. The van der Waals surface area contributed by atoms with Crippen molar-refractivity contribution in [3.63, 3.8) is 0 Å². The van der Waals surface area contributed by atoms with Crippen LogP contribution in [-0.4, -0.2) is 37.7 Å². The summed E-state index contributed by atoms with van der Waals surface area (Å²) in [7, 11) is 0. The van der Waals surface area contributed by atoms with Gasteiger partial charge in [0.15, 0.2) is 24.8 Å². The first kappa shape index (κ1) is 21.2. The molecule has 0 spiro atoms. The lowest BCUT2D eigenvalue weighted by molar-refractivity contribution is -0.225. The summed E-state index contributed by atoms with van der Waals surface area (Å²) in [5, 5.41) is 0. The SMILES string of the molecule is O=COCC(=O)c1ccc2c(c1)C(F)(F)C(F)(F)c1cc(C(=O)COC=O)ccc1-2. The molecule has 1 aliphatic carbocycles. The molecule has 0 heterocycles. The zero-order chi connectivity index (χ0) is 22.1. The zero-order valence-electron chi connectivity index (χ0n) is 15.0. The minimum atomic E-state index is -4.70. The maximum atomic E-state index is 14.8. The molecule has 0 radical (unpaired) electrons. The Kier molecular flexibility index (Phi) is 5.43. The lowest BCUT2D eigenvalue weighted by Crippen LogP contribution is -2.39. The lowest BCUT2D eigenvalue weighted by Gasteiger charge is -2.35. The normalized spacial score (nSPS) is 15.3. The quantitative estimate of drug-likeness (QED) is 0.367. The van der Waals surface area contributed by atoms with E-state index in [4.69, 9.17) is 0 Å². The first-order valence-electron chi connectivity index (χ1n) is 8.37. The van der Waals surface area contributed by atoms with Crippen LogP contribution in [0.5, 0.6) is 0 Å². The van der Waals surface area contributed by atoms with E-state index >= 15 is 0 Å². The average Bonchev–Trinajstić information content (AvgIpc) is 2.74. The molecule has 6 nitrogen and oxygen atoms in total. The molecule has 0 atom stereocenters. The maximum Gasteiger partial charge on any atom is 0.340 e. The lowest BCUT2D eigenvalue weighted by atomic mass is 9.79. The second-order valence-corrected chi connectivity index (χ2v) is 6.33. The summed E-state index contributed by atoms with van der Waals surface area (Å²) in [5.74, 6) is -11.1. The molecule has 0 amide bonds. The molecule has 156 valence electrons. The van der Waals surface area contributed by atoms with Gasteiger partial charge < -0.3 is 9.47 Å². The fourth-order valence-corrected chi connectivity index (χ4v) is 3.15. The standard InChI is InChI=1S/C20H12F4O6/c21-19(22)15-5-11(17(27)7-29-9-25)1-3-13(15)14-4-2-12(18(28)8-30-10-26)6-16(14)20(19,23)24/h1-6,9-10H,7-8H2. The van der Waals surface area contributed by atoms with Gasteiger partial charge in [-0.15, -0.1) is 0 Å². The molecule has 10 heteroatoms. The van der Waals surface area contributed by atoms with Gasteiger partial charge in [-0.1, -0.05) is 24.3 Å². The van der Waals surface area contributed by atoms with Crippen molar-refractivity contribution in [1.29, 1.82) is 0 Å². The van der Waals surface area contributed by atoms with E-state index in [1.54, 1.807) is 0 Å². The van der Waals surface area contributed by atoms with Gasteiger partial charge in [-0.05, 0) is 23.3 Å². The number of hydrogen-bond donors (Lipinski definition) is 0. The van der Waals surface area contributed by atoms with E-state index < -0.39 is 47.8 Å². The highest BCUT2D eigenvalue weighted by molar-refractivity contribution is 6.00. The summed E-state index contributed by atoms with van der Waals surface area (Å²) in [6, 6.07) is 5.75. The predicted octanol–water partition coefficient (Wildman–Crippen LogP) is 3.26. The number of halogens is 4. The highest BCUT2D eigenvalue weighted by Crippen LogP contribution is 2.58. The van der Waals surface area contributed by atoms with Gasteiger partial charge in [0.2, 0.25) is 0 Å². The molecule has 1 aliphatic rings. The van der Waals surface area contributed by atoms with E-state index in [1.807, 2.05) is 0 Å². The summed E-state index contributed by atoms with van der Waals surface area (Å²) in [4.78, 5) is 44.2. The van der Waals surface area contributed by atoms with Crippen LogP contribution in [0.1, 0.15) is 31.8 Å². The summed E-state index contributed by atoms with van der Waals surface area (Å²) < 4.78 is 67.7. The van der Waals surface area contributed by atoms with Crippen molar-refractivity contribution in [1.82, 2.24) is 0 Å². The Morgan fingerprint density at radius 3 is 1.43 bits per heavy atom. The average molecular weight is 424 g/mol. The van der Waals surface area contributed by atoms with Gasteiger partial charge in [0.05, 0.1) is 0 Å². The second kappa shape index (κ2) is 7.69. The van der Waals surface area contributed by atoms with Crippen LogP contribution in [0.3, 0.4) is 0 Å². The number of hydrogen-bond acceptors (Lipinski definition) is 6. The summed E-state index contributed by atoms with van der Waals surface area (Å²) >= 11 is 0. The zero-order valence-corrected chi connectivity index (χ0v) is 15.0. The molecular weight excluding hydrogens is 412 g/mol. The van der Waals surface area contributed by atoms with Crippen molar-refractivity contribution in [2.24, 2.45) is 0 Å². The molecule has 0 aromatic heterocycles. The Hall–Kier alpha value is -3.56. The van der Waals surface area contributed by atoms with Gasteiger partial charge >= 0.3 is 11.8 Å². The van der Waals surface area contributed by atoms with Crippen molar-refractivity contribution in [2.75, 3.05) is 13.2 Å². The van der Waals surface area contributed by atoms with Crippen LogP contribution >= 0.6 is 0 Å². The number of fused-ring (bicyclic) bond motifs is 3. The van der Waals surface area contributed by atoms with Crippen molar-refractivity contribution in [3.8, 4) is 11.1 Å². The van der Waals surface area contributed by atoms with Crippen LogP contribution in [-0.2, 0) is 30.9 Å². The Balaban J connectivity index is 2.13. The number of alkyl halides is 4. The monoisotopic (exact) mass is 424 g/mol. The number of carbonyl (C=O) groups is 4. The van der Waals surface area contributed by atoms with Gasteiger partial charge in [-0.3, -0.25) is 19.2 Å². The van der Waals surface area contributed by atoms with E-state index in [9.17, 15) is 36.7 Å². The van der Waals surface area contributed by atoms with E-state index in [2.05, 4.69) is 9.47 Å². The third-order valence-corrected chi connectivity index (χ3v) is 4.61. The Labute approximate surface area is 166 Å². The van der Waals surface area contributed by atoms with Gasteiger partial charge in [0.1, 0.15) is 0 Å². The van der Waals surface area contributed by atoms with E-state index in [0.29, 0.717) is 12.1 Å². The molecule has 0 unspecified atom stereocenters. The number of ketones is 2. The number of rotatable bonds is 8. The van der Waals surface area contributed by atoms with Crippen LogP contribution in [0, 0.1) is 0 Å². The topological polar surface area (TPSA) is 86.7 Å². The van der Waals surface area contributed by atoms with Gasteiger partial charge in [0.25, 0.3) is 12.9 Å². The minimum Gasteiger partial charge on any atom is -0.459 e. The van der Waals surface area contributed by atoms with Crippen LogP contribution in [0.2, 0.25) is 0 Å². The van der Waals surface area contributed by atoms with Gasteiger partial charge in [0, 0.05) is 22.3 Å². The van der Waals surface area contributed by atoms with Crippen LogP contribution in [0.15, 0.2) is 36.4 Å². The molecule has 2 aromatic carbocycles. The molecule has 0 N–H and O–H groups in total. The summed E-state index contributed by atoms with van der Waals surface area (Å²) in [5.41, 5.74) is -3.27. The van der Waals surface area contributed by atoms with Crippen molar-refractivity contribution in [3.05, 3.63) is 58.7 Å². The number of carbonyl (C=O) groups excluding carboxylic acids is 4. The van der Waals surface area contributed by atoms with E-state index in [0.717, 1.165) is 24.3 Å². The fraction of sp³-hybridized carbons (Fsp3) is 0.200. The molecule has 0 aliphatic heterocycles. The largest absolute Gasteiger partial charge is 0.459 e. The molecule has 30 heavy (non-hydrogen) atoms. The van der Waals surface area contributed by atoms with Gasteiger partial charge in [-0.25, -0.2) is 0 Å². The predicted molar refractivity (Wildman–Crippen MR) is 92.4 cm³/mol. The minimum absolute atomic E-state index is 0.00563. The van der Waals surface area contributed by atoms with Crippen molar-refractivity contribution in [2.45, 2.75) is 11.8 Å². The molecule has 2 aromatic rings. The van der Waals surface area contributed by atoms with Crippen molar-refractivity contribution >= 4 is 24.5 Å². The number of ether oxygens (including phenoxy) is 2. The Bertz CT molecular complexity index is 964. The fourth-order valence-electron chi connectivity index (χ4n) is 3.15. The second-order valence-electron chi connectivity index (χ2n) is 6.33. The smallest absolute Gasteiger partial charge is 0.340 e. The summed E-state index contributed by atoms with van der Waals surface area (Å²) in [6.07, 6.45) is 0.